The van der Waals surface area contributed by atoms with E-state index in [-0.39, 0.29) is 6.13 Å². The summed E-state index contributed by atoms with van der Waals surface area (Å²) in [6, 6.07) is 8.93. The van der Waals surface area contributed by atoms with Gasteiger partial charge in [-0.1, -0.05) is 77.8 Å². The normalized spacial score (nSPS) is 19.9. The predicted octanol–water partition coefficient (Wildman–Crippen LogP) is 5.71. The van der Waals surface area contributed by atoms with Gasteiger partial charge in [0.25, 0.3) is 0 Å². The van der Waals surface area contributed by atoms with Gasteiger partial charge < -0.3 is 0 Å². The molecule has 0 bridgehead atoms. The lowest BCUT2D eigenvalue weighted by molar-refractivity contribution is 0.864. The maximum atomic E-state index is 2.44. The average molecular weight is 284 g/mol. The van der Waals surface area contributed by atoms with E-state index in [0.29, 0.717) is 5.92 Å². The standard InChI is InChI=1S/C20H22.FH.H2/c1-4-16-11-18-9-15(3)10-19(20(18)13-16)12-17-7-5-14(2)6-8-17;;/h5-11,13,20H,4,12H2,1-3H3;2*1H. The van der Waals surface area contributed by atoms with Gasteiger partial charge in [0.1, 0.15) is 0 Å². The fraction of sp³-hybridized carbons (Fsp3) is 0.300. The average Bonchev–Trinajstić information content (AvgIpc) is 2.84. The van der Waals surface area contributed by atoms with Gasteiger partial charge in [0.2, 0.25) is 0 Å². The van der Waals surface area contributed by atoms with Gasteiger partial charge in [-0.05, 0) is 37.8 Å². The summed E-state index contributed by atoms with van der Waals surface area (Å²) >= 11 is 0. The summed E-state index contributed by atoms with van der Waals surface area (Å²) in [5, 5.41) is 0. The molecule has 1 aromatic carbocycles. The zero-order chi connectivity index (χ0) is 14.1. The molecule has 1 aromatic rings. The van der Waals surface area contributed by atoms with E-state index in [4.69, 9.17) is 0 Å². The Bertz CT molecular complexity index is 645. The summed E-state index contributed by atoms with van der Waals surface area (Å²) in [5.74, 6) is 0.509. The van der Waals surface area contributed by atoms with Crippen LogP contribution in [0.25, 0.3) is 0 Å². The van der Waals surface area contributed by atoms with Crippen LogP contribution >= 0.6 is 0 Å². The number of halogens is 1. The lowest BCUT2D eigenvalue weighted by atomic mass is 9.83. The third-order valence-corrected chi connectivity index (χ3v) is 4.24. The fourth-order valence-electron chi connectivity index (χ4n) is 3.12. The number of aryl methyl sites for hydroxylation is 1. The molecule has 0 nitrogen and oxygen atoms in total. The maximum Gasteiger partial charge on any atom is 0.0240 e. The molecule has 0 spiro atoms. The van der Waals surface area contributed by atoms with Crippen LogP contribution in [0.2, 0.25) is 0 Å². The van der Waals surface area contributed by atoms with E-state index in [0.717, 1.165) is 12.8 Å². The molecular weight excluding hydrogens is 259 g/mol. The first kappa shape index (κ1) is 15.5. The van der Waals surface area contributed by atoms with Crippen molar-refractivity contribution in [1.29, 1.82) is 0 Å². The van der Waals surface area contributed by atoms with Crippen LogP contribution in [0.15, 0.2) is 70.9 Å². The third kappa shape index (κ3) is 3.24. The van der Waals surface area contributed by atoms with Crippen LogP contribution in [0.5, 0.6) is 0 Å². The van der Waals surface area contributed by atoms with Crippen molar-refractivity contribution >= 4 is 0 Å². The van der Waals surface area contributed by atoms with Gasteiger partial charge in [0, 0.05) is 7.34 Å². The zero-order valence-corrected chi connectivity index (χ0v) is 13.0. The van der Waals surface area contributed by atoms with Gasteiger partial charge in [-0.3, -0.25) is 4.70 Å². The van der Waals surface area contributed by atoms with Crippen LogP contribution in [0.3, 0.4) is 0 Å². The second kappa shape index (κ2) is 6.26. The van der Waals surface area contributed by atoms with Crippen LogP contribution in [0.1, 0.15) is 32.8 Å². The van der Waals surface area contributed by atoms with Crippen LogP contribution in [0.4, 0.5) is 4.70 Å². The van der Waals surface area contributed by atoms with Crippen LogP contribution in [0, 0.1) is 12.8 Å². The summed E-state index contributed by atoms with van der Waals surface area (Å²) in [6.45, 7) is 6.58. The number of fused-ring (bicyclic) bond motifs is 1. The molecule has 0 N–H and O–H groups in total. The summed E-state index contributed by atoms with van der Waals surface area (Å²) in [6.07, 6.45) is 11.7. The largest absolute Gasteiger partial charge is 0.269 e. The number of allylic oxidation sites excluding steroid dienone is 8. The van der Waals surface area contributed by atoms with Crippen molar-refractivity contribution in [3.63, 3.8) is 0 Å². The maximum absolute atomic E-state index is 2.44. The molecule has 0 aromatic heterocycles. The Morgan fingerprint density at radius 3 is 2.38 bits per heavy atom. The third-order valence-electron chi connectivity index (χ3n) is 4.24. The smallest absolute Gasteiger partial charge is 0.0240 e. The first-order valence-electron chi connectivity index (χ1n) is 7.52. The first-order chi connectivity index (χ1) is 9.65. The van der Waals surface area contributed by atoms with Crippen molar-refractivity contribution in [2.24, 2.45) is 5.92 Å². The number of rotatable bonds is 3. The molecule has 1 atom stereocenters. The van der Waals surface area contributed by atoms with Crippen molar-refractivity contribution in [3.05, 3.63) is 82.0 Å². The highest BCUT2D eigenvalue weighted by Crippen LogP contribution is 2.38. The monoisotopic (exact) mass is 284 g/mol. The van der Waals surface area contributed by atoms with Crippen molar-refractivity contribution in [1.82, 2.24) is 0 Å². The molecule has 2 aliphatic carbocycles. The zero-order valence-electron chi connectivity index (χ0n) is 13.0. The Morgan fingerprint density at radius 2 is 1.71 bits per heavy atom. The number of hydrogen-bond acceptors (Lipinski definition) is 0. The Labute approximate surface area is 128 Å². The second-order valence-electron chi connectivity index (χ2n) is 5.99. The van der Waals surface area contributed by atoms with E-state index in [2.05, 4.69) is 69.3 Å². The number of benzene rings is 1. The van der Waals surface area contributed by atoms with Gasteiger partial charge >= 0.3 is 0 Å². The molecule has 0 amide bonds. The SMILES string of the molecule is CCC1=CC2C(=C1)C=C(C)C=C2Cc1ccc(C)cc1.F.[HH]. The topological polar surface area (TPSA) is 0 Å². The molecular formula is C20H25F. The van der Waals surface area contributed by atoms with Crippen molar-refractivity contribution in [2.75, 3.05) is 0 Å². The van der Waals surface area contributed by atoms with E-state index in [1.54, 1.807) is 0 Å². The van der Waals surface area contributed by atoms with Gasteiger partial charge in [-0.25, -0.2) is 0 Å². The first-order valence-corrected chi connectivity index (χ1v) is 7.52. The molecule has 1 heteroatoms. The minimum atomic E-state index is 0. The van der Waals surface area contributed by atoms with Crippen molar-refractivity contribution < 1.29 is 6.13 Å². The molecule has 0 fully saturated rings. The minimum Gasteiger partial charge on any atom is -0.269 e. The van der Waals surface area contributed by atoms with Crippen molar-refractivity contribution in [3.8, 4) is 0 Å². The Hall–Kier alpha value is -1.89. The molecule has 1 unspecified atom stereocenters. The molecule has 21 heavy (non-hydrogen) atoms. The van der Waals surface area contributed by atoms with E-state index in [1.165, 1.54) is 33.4 Å². The lowest BCUT2D eigenvalue weighted by Gasteiger charge is -2.21. The van der Waals surface area contributed by atoms with Crippen LogP contribution < -0.4 is 0 Å². The molecule has 0 radical (unpaired) electrons. The van der Waals surface area contributed by atoms with Gasteiger partial charge in [0.05, 0.1) is 0 Å². The highest BCUT2D eigenvalue weighted by Gasteiger charge is 2.23. The summed E-state index contributed by atoms with van der Waals surface area (Å²) in [5.41, 5.74) is 8.60. The number of hydrogen-bond donors (Lipinski definition) is 0. The molecule has 3 rings (SSSR count). The fourth-order valence-corrected chi connectivity index (χ4v) is 3.12. The minimum absolute atomic E-state index is 0. The van der Waals surface area contributed by atoms with Gasteiger partial charge in [0.15, 0.2) is 0 Å². The summed E-state index contributed by atoms with van der Waals surface area (Å²) in [7, 11) is 0. The lowest BCUT2D eigenvalue weighted by Crippen LogP contribution is -2.08. The highest BCUT2D eigenvalue weighted by atomic mass is 19.0. The van der Waals surface area contributed by atoms with Crippen molar-refractivity contribution in [2.45, 2.75) is 33.6 Å². The molecule has 0 saturated carbocycles. The van der Waals surface area contributed by atoms with Gasteiger partial charge in [-0.15, -0.1) is 0 Å². The quantitative estimate of drug-likeness (QED) is 0.666. The molecule has 0 saturated heterocycles. The van der Waals surface area contributed by atoms with Gasteiger partial charge in [-0.2, -0.15) is 0 Å². The van der Waals surface area contributed by atoms with E-state index >= 15 is 0 Å². The highest BCUT2D eigenvalue weighted by molar-refractivity contribution is 5.53. The molecule has 0 heterocycles. The Balaban J connectivity index is 0.00000121. The molecule has 2 aliphatic rings. The van der Waals surface area contributed by atoms with Crippen LogP contribution in [-0.4, -0.2) is 0 Å². The second-order valence-corrected chi connectivity index (χ2v) is 5.99. The Morgan fingerprint density at radius 1 is 1.00 bits per heavy atom. The summed E-state index contributed by atoms with van der Waals surface area (Å²) < 4.78 is 0. The molecule has 112 valence electrons. The van der Waals surface area contributed by atoms with E-state index in [1.807, 2.05) is 0 Å². The van der Waals surface area contributed by atoms with Crippen LogP contribution in [-0.2, 0) is 6.42 Å². The summed E-state index contributed by atoms with van der Waals surface area (Å²) in [4.78, 5) is 0. The molecule has 0 aliphatic heterocycles. The Kier molecular flexibility index (Phi) is 4.62. The predicted molar refractivity (Wildman–Crippen MR) is 91.3 cm³/mol. The van der Waals surface area contributed by atoms with E-state index in [9.17, 15) is 0 Å². The van der Waals surface area contributed by atoms with E-state index < -0.39 is 0 Å².